The van der Waals surface area contributed by atoms with Gasteiger partial charge in [-0.3, -0.25) is 14.9 Å². The van der Waals surface area contributed by atoms with Crippen LogP contribution in [0.1, 0.15) is 22.4 Å². The molecule has 1 heterocycles. The van der Waals surface area contributed by atoms with Crippen molar-refractivity contribution < 1.29 is 10.0 Å². The highest BCUT2D eigenvalue weighted by Crippen LogP contribution is 2.21. The quantitative estimate of drug-likeness (QED) is 0.526. The molecular weight excluding hydrogens is 300 g/mol. The summed E-state index contributed by atoms with van der Waals surface area (Å²) in [5.74, 6) is -0.210. The second-order valence-electron chi connectivity index (χ2n) is 4.82. The van der Waals surface area contributed by atoms with Gasteiger partial charge in [-0.1, -0.05) is 0 Å². The van der Waals surface area contributed by atoms with E-state index in [0.29, 0.717) is 11.3 Å². The summed E-state index contributed by atoms with van der Waals surface area (Å²) in [4.78, 5) is 22.3. The van der Waals surface area contributed by atoms with Crippen LogP contribution in [-0.2, 0) is 0 Å². The molecule has 0 radical (unpaired) electrons. The predicted octanol–water partition coefficient (Wildman–Crippen LogP) is 1.83. The highest BCUT2D eigenvalue weighted by atomic mass is 16.6. The molecular formula is C15H12N4O4. The zero-order chi connectivity index (χ0) is 17.1. The van der Waals surface area contributed by atoms with Crippen molar-refractivity contribution in [1.82, 2.24) is 4.68 Å². The van der Waals surface area contributed by atoms with Crippen molar-refractivity contribution in [2.24, 2.45) is 5.10 Å². The number of nitro benzene ring substituents is 1. The van der Waals surface area contributed by atoms with Crippen molar-refractivity contribution in [2.45, 2.75) is 13.8 Å². The molecule has 0 saturated heterocycles. The Labute approximate surface area is 130 Å². The molecule has 0 atom stereocenters. The number of pyridine rings is 1. The van der Waals surface area contributed by atoms with Gasteiger partial charge in [0.2, 0.25) is 0 Å². The lowest BCUT2D eigenvalue weighted by Crippen LogP contribution is -2.22. The van der Waals surface area contributed by atoms with E-state index in [9.17, 15) is 20.0 Å². The summed E-state index contributed by atoms with van der Waals surface area (Å²) in [5, 5.41) is 33.4. The van der Waals surface area contributed by atoms with Gasteiger partial charge < -0.3 is 5.11 Å². The molecule has 23 heavy (non-hydrogen) atoms. The maximum Gasteiger partial charge on any atom is 0.289 e. The molecule has 116 valence electrons. The van der Waals surface area contributed by atoms with E-state index in [0.717, 1.165) is 23.0 Å². The van der Waals surface area contributed by atoms with Crippen LogP contribution < -0.4 is 5.56 Å². The monoisotopic (exact) mass is 312 g/mol. The van der Waals surface area contributed by atoms with E-state index < -0.39 is 10.5 Å². The number of nitrogens with zero attached hydrogens (tertiary/aromatic N) is 4. The third kappa shape index (κ3) is 3.08. The summed E-state index contributed by atoms with van der Waals surface area (Å²) in [5.41, 5.74) is 0.286. The first kappa shape index (κ1) is 15.9. The number of benzene rings is 1. The van der Waals surface area contributed by atoms with Crippen molar-refractivity contribution in [1.29, 1.82) is 5.26 Å². The van der Waals surface area contributed by atoms with E-state index >= 15 is 0 Å². The first-order valence-corrected chi connectivity index (χ1v) is 6.50. The Morgan fingerprint density at radius 2 is 2.09 bits per heavy atom. The molecule has 0 bridgehead atoms. The van der Waals surface area contributed by atoms with Crippen LogP contribution in [0.5, 0.6) is 5.75 Å². The molecule has 1 aromatic carbocycles. The van der Waals surface area contributed by atoms with Gasteiger partial charge >= 0.3 is 0 Å². The number of hydrogen-bond acceptors (Lipinski definition) is 6. The fraction of sp³-hybridized carbons (Fsp3) is 0.133. The van der Waals surface area contributed by atoms with Gasteiger partial charge in [0.15, 0.2) is 0 Å². The fourth-order valence-corrected chi connectivity index (χ4v) is 2.04. The lowest BCUT2D eigenvalue weighted by Gasteiger charge is -2.06. The van der Waals surface area contributed by atoms with Gasteiger partial charge in [-0.2, -0.15) is 10.4 Å². The van der Waals surface area contributed by atoms with E-state index in [1.54, 1.807) is 19.9 Å². The minimum atomic E-state index is -0.603. The Hall–Kier alpha value is -3.47. The first-order chi connectivity index (χ1) is 10.8. The number of aryl methyl sites for hydroxylation is 2. The topological polar surface area (TPSA) is 122 Å². The molecule has 8 heteroatoms. The third-order valence-electron chi connectivity index (χ3n) is 3.21. The number of aromatic hydroxyl groups is 1. The highest BCUT2D eigenvalue weighted by Gasteiger charge is 2.11. The third-order valence-corrected chi connectivity index (χ3v) is 3.21. The maximum atomic E-state index is 12.2. The summed E-state index contributed by atoms with van der Waals surface area (Å²) in [7, 11) is 0. The smallest absolute Gasteiger partial charge is 0.289 e. The number of aromatic nitrogens is 1. The van der Waals surface area contributed by atoms with Gasteiger partial charge in [-0.15, -0.1) is 0 Å². The van der Waals surface area contributed by atoms with Crippen LogP contribution in [0, 0.1) is 35.3 Å². The summed E-state index contributed by atoms with van der Waals surface area (Å²) in [6.07, 6.45) is 1.13. The van der Waals surface area contributed by atoms with Gasteiger partial charge in [-0.05, 0) is 31.5 Å². The minimum absolute atomic E-state index is 0.0315. The molecule has 0 aliphatic heterocycles. The van der Waals surface area contributed by atoms with Crippen molar-refractivity contribution >= 4 is 11.9 Å². The Bertz CT molecular complexity index is 922. The molecule has 0 fully saturated rings. The summed E-state index contributed by atoms with van der Waals surface area (Å²) < 4.78 is 1.00. The molecule has 1 N–H and O–H groups in total. The highest BCUT2D eigenvalue weighted by molar-refractivity contribution is 5.84. The molecule has 0 saturated carbocycles. The average Bonchev–Trinajstić information content (AvgIpc) is 2.48. The summed E-state index contributed by atoms with van der Waals surface area (Å²) >= 11 is 0. The summed E-state index contributed by atoms with van der Waals surface area (Å²) in [6.45, 7) is 3.29. The van der Waals surface area contributed by atoms with Crippen LogP contribution in [0.25, 0.3) is 0 Å². The average molecular weight is 312 g/mol. The number of phenols is 1. The normalized spacial score (nSPS) is 10.7. The number of non-ortho nitro benzene ring substituents is 1. The molecule has 1 aromatic heterocycles. The Kier molecular flexibility index (Phi) is 4.23. The van der Waals surface area contributed by atoms with E-state index in [-0.39, 0.29) is 22.6 Å². The lowest BCUT2D eigenvalue weighted by atomic mass is 10.1. The van der Waals surface area contributed by atoms with Gasteiger partial charge in [0.25, 0.3) is 11.2 Å². The molecule has 0 unspecified atom stereocenters. The van der Waals surface area contributed by atoms with Crippen LogP contribution >= 0.6 is 0 Å². The van der Waals surface area contributed by atoms with Crippen LogP contribution in [0.2, 0.25) is 0 Å². The van der Waals surface area contributed by atoms with E-state index in [1.807, 2.05) is 6.07 Å². The van der Waals surface area contributed by atoms with Crippen molar-refractivity contribution in [3.05, 3.63) is 67.1 Å². The van der Waals surface area contributed by atoms with Crippen molar-refractivity contribution in [3.8, 4) is 11.8 Å². The predicted molar refractivity (Wildman–Crippen MR) is 82.6 cm³/mol. The molecule has 0 amide bonds. The zero-order valence-electron chi connectivity index (χ0n) is 12.3. The number of nitriles is 1. The van der Waals surface area contributed by atoms with E-state index in [4.69, 9.17) is 5.26 Å². The Morgan fingerprint density at radius 1 is 1.39 bits per heavy atom. The van der Waals surface area contributed by atoms with Crippen LogP contribution in [0.4, 0.5) is 5.69 Å². The fourth-order valence-electron chi connectivity index (χ4n) is 2.04. The van der Waals surface area contributed by atoms with Crippen LogP contribution in [-0.4, -0.2) is 20.9 Å². The molecule has 2 rings (SSSR count). The molecule has 0 aliphatic carbocycles. The second kappa shape index (κ2) is 6.11. The van der Waals surface area contributed by atoms with E-state index in [1.165, 1.54) is 6.07 Å². The van der Waals surface area contributed by atoms with Crippen LogP contribution in [0.3, 0.4) is 0 Å². The zero-order valence-corrected chi connectivity index (χ0v) is 12.3. The minimum Gasteiger partial charge on any atom is -0.507 e. The standard InChI is InChI=1S/C15H12N4O4/c1-9-5-10(2)18(15(21)13(9)7-16)17-8-11-6-12(19(22)23)3-4-14(11)20/h3-6,8,20H,1-2H3/b17-8-. The number of hydrogen-bond donors (Lipinski definition) is 1. The summed E-state index contributed by atoms with van der Waals surface area (Å²) in [6, 6.07) is 6.91. The van der Waals surface area contributed by atoms with Crippen LogP contribution in [0.15, 0.2) is 34.2 Å². The maximum absolute atomic E-state index is 12.2. The first-order valence-electron chi connectivity index (χ1n) is 6.50. The Balaban J connectivity index is 2.54. The van der Waals surface area contributed by atoms with Gasteiger partial charge in [0.1, 0.15) is 17.4 Å². The van der Waals surface area contributed by atoms with Gasteiger partial charge in [0, 0.05) is 23.4 Å². The van der Waals surface area contributed by atoms with Crippen molar-refractivity contribution in [2.75, 3.05) is 0 Å². The number of phenolic OH excluding ortho intramolecular Hbond substituents is 1. The number of nitro groups is 1. The largest absolute Gasteiger partial charge is 0.507 e. The molecule has 0 spiro atoms. The lowest BCUT2D eigenvalue weighted by molar-refractivity contribution is -0.384. The molecule has 0 aliphatic rings. The van der Waals surface area contributed by atoms with Crippen molar-refractivity contribution in [3.63, 3.8) is 0 Å². The second-order valence-corrected chi connectivity index (χ2v) is 4.82. The molecule has 2 aromatic rings. The molecule has 8 nitrogen and oxygen atoms in total. The Morgan fingerprint density at radius 3 is 2.70 bits per heavy atom. The SMILES string of the molecule is Cc1cc(C)n(/N=C\c2cc([N+](=O)[O-])ccc2O)c(=O)c1C#N. The number of rotatable bonds is 3. The van der Waals surface area contributed by atoms with E-state index in [2.05, 4.69) is 5.10 Å². The van der Waals surface area contributed by atoms with Gasteiger partial charge in [0.05, 0.1) is 11.1 Å². The van der Waals surface area contributed by atoms with Gasteiger partial charge in [-0.25, -0.2) is 4.68 Å².